The van der Waals surface area contributed by atoms with E-state index < -0.39 is 0 Å². The lowest BCUT2D eigenvalue weighted by Gasteiger charge is -2.46. The van der Waals surface area contributed by atoms with Crippen molar-refractivity contribution in [3.8, 4) is 0 Å². The highest BCUT2D eigenvalue weighted by molar-refractivity contribution is 4.97. The molecule has 4 aliphatic rings. The van der Waals surface area contributed by atoms with Crippen molar-refractivity contribution in [1.82, 2.24) is 20.0 Å². The van der Waals surface area contributed by atoms with Gasteiger partial charge in [-0.1, -0.05) is 6.42 Å². The van der Waals surface area contributed by atoms with Gasteiger partial charge in [-0.15, -0.1) is 0 Å². The molecule has 0 spiro atoms. The Balaban J connectivity index is 1.33. The molecule has 0 bridgehead atoms. The summed E-state index contributed by atoms with van der Waals surface area (Å²) in [5.74, 6) is 0. The van der Waals surface area contributed by atoms with Gasteiger partial charge in [0.25, 0.3) is 0 Å². The van der Waals surface area contributed by atoms with Crippen LogP contribution in [0.2, 0.25) is 0 Å². The van der Waals surface area contributed by atoms with Crippen molar-refractivity contribution in [2.24, 2.45) is 0 Å². The number of piperidine rings is 1. The minimum absolute atomic E-state index is 0.844. The fraction of sp³-hybridized carbons (Fsp3) is 1.00. The van der Waals surface area contributed by atoms with E-state index in [1.807, 2.05) is 0 Å². The number of nitrogens with zero attached hydrogens (tertiary/aromatic N) is 3. The molecule has 0 aromatic heterocycles. The van der Waals surface area contributed by atoms with Gasteiger partial charge in [-0.3, -0.25) is 14.7 Å². The van der Waals surface area contributed by atoms with E-state index >= 15 is 0 Å². The fourth-order valence-corrected chi connectivity index (χ4v) is 4.61. The van der Waals surface area contributed by atoms with Crippen LogP contribution < -0.4 is 5.32 Å². The predicted molar refractivity (Wildman–Crippen MR) is 77.4 cm³/mol. The first kappa shape index (κ1) is 12.6. The van der Waals surface area contributed by atoms with Crippen LogP contribution in [0.5, 0.6) is 0 Å². The Kier molecular flexibility index (Phi) is 3.52. The zero-order valence-corrected chi connectivity index (χ0v) is 12.1. The summed E-state index contributed by atoms with van der Waals surface area (Å²) >= 11 is 0. The van der Waals surface area contributed by atoms with Crippen LogP contribution >= 0.6 is 0 Å². The molecule has 0 radical (unpaired) electrons. The Labute approximate surface area is 117 Å². The largest absolute Gasteiger partial charge is 0.314 e. The van der Waals surface area contributed by atoms with Gasteiger partial charge in [0.2, 0.25) is 0 Å². The lowest BCUT2D eigenvalue weighted by molar-refractivity contribution is 0.0358. The Morgan fingerprint density at radius 3 is 2.05 bits per heavy atom. The van der Waals surface area contributed by atoms with E-state index in [1.165, 1.54) is 78.0 Å². The van der Waals surface area contributed by atoms with Gasteiger partial charge in [-0.25, -0.2) is 0 Å². The molecule has 2 unspecified atom stereocenters. The summed E-state index contributed by atoms with van der Waals surface area (Å²) in [6.45, 7) is 10.4. The second kappa shape index (κ2) is 5.32. The van der Waals surface area contributed by atoms with Crippen LogP contribution in [0.1, 0.15) is 25.7 Å². The minimum atomic E-state index is 0.844. The molecule has 2 atom stereocenters. The minimum Gasteiger partial charge on any atom is -0.314 e. The van der Waals surface area contributed by atoms with Gasteiger partial charge in [0, 0.05) is 63.9 Å². The third-order valence-corrected chi connectivity index (χ3v) is 5.91. The number of hydrogen-bond donors (Lipinski definition) is 1. The standard InChI is InChI=1S/C15H28N4/c1-2-5-18-6-4-15(14(18)3-1)19-9-7-17(8-10-19)13-11-16-12-13/h13-16H,1-12H2. The van der Waals surface area contributed by atoms with E-state index in [4.69, 9.17) is 0 Å². The molecule has 1 N–H and O–H groups in total. The summed E-state index contributed by atoms with van der Waals surface area (Å²) < 4.78 is 0. The maximum Gasteiger partial charge on any atom is 0.0346 e. The first-order valence-corrected chi connectivity index (χ1v) is 8.35. The number of hydrogen-bond acceptors (Lipinski definition) is 4. The predicted octanol–water partition coefficient (Wildman–Crippen LogP) is 0.203. The van der Waals surface area contributed by atoms with Crippen molar-refractivity contribution in [2.45, 2.75) is 43.8 Å². The molecule has 4 heterocycles. The average molecular weight is 264 g/mol. The summed E-state index contributed by atoms with van der Waals surface area (Å²) in [4.78, 5) is 8.30. The normalized spacial score (nSPS) is 39.2. The van der Waals surface area contributed by atoms with E-state index in [-0.39, 0.29) is 0 Å². The number of fused-ring (bicyclic) bond motifs is 1. The molecular weight excluding hydrogens is 236 g/mol. The molecule has 0 aromatic carbocycles. The topological polar surface area (TPSA) is 21.8 Å². The Morgan fingerprint density at radius 1 is 0.632 bits per heavy atom. The van der Waals surface area contributed by atoms with Gasteiger partial charge >= 0.3 is 0 Å². The lowest BCUT2D eigenvalue weighted by atomic mass is 9.97. The van der Waals surface area contributed by atoms with Gasteiger partial charge in [0.05, 0.1) is 0 Å². The molecule has 19 heavy (non-hydrogen) atoms. The van der Waals surface area contributed by atoms with Gasteiger partial charge in [0.1, 0.15) is 0 Å². The highest BCUT2D eigenvalue weighted by Crippen LogP contribution is 2.31. The van der Waals surface area contributed by atoms with E-state index in [9.17, 15) is 0 Å². The first-order valence-electron chi connectivity index (χ1n) is 8.35. The van der Waals surface area contributed by atoms with Gasteiger partial charge in [-0.05, 0) is 25.8 Å². The zero-order valence-electron chi connectivity index (χ0n) is 12.1. The highest BCUT2D eigenvalue weighted by Gasteiger charge is 2.40. The van der Waals surface area contributed by atoms with Crippen molar-refractivity contribution in [3.63, 3.8) is 0 Å². The molecule has 108 valence electrons. The van der Waals surface area contributed by atoms with Gasteiger partial charge in [-0.2, -0.15) is 0 Å². The monoisotopic (exact) mass is 264 g/mol. The molecule has 4 saturated heterocycles. The Bertz CT molecular complexity index is 309. The summed E-state index contributed by atoms with van der Waals surface area (Å²) in [7, 11) is 0. The molecule has 0 aliphatic carbocycles. The zero-order chi connectivity index (χ0) is 12.7. The van der Waals surface area contributed by atoms with Crippen LogP contribution in [0, 0.1) is 0 Å². The Morgan fingerprint density at radius 2 is 1.32 bits per heavy atom. The van der Waals surface area contributed by atoms with Crippen molar-refractivity contribution < 1.29 is 0 Å². The van der Waals surface area contributed by atoms with Crippen LogP contribution in [0.4, 0.5) is 0 Å². The van der Waals surface area contributed by atoms with Crippen LogP contribution in [0.25, 0.3) is 0 Å². The third kappa shape index (κ3) is 2.33. The number of rotatable bonds is 2. The molecule has 4 rings (SSSR count). The van der Waals surface area contributed by atoms with Crippen molar-refractivity contribution in [3.05, 3.63) is 0 Å². The maximum atomic E-state index is 3.40. The second-order valence-corrected chi connectivity index (χ2v) is 6.84. The molecule has 0 amide bonds. The quantitative estimate of drug-likeness (QED) is 0.769. The van der Waals surface area contributed by atoms with Crippen molar-refractivity contribution >= 4 is 0 Å². The average Bonchev–Trinajstić information content (AvgIpc) is 2.82. The third-order valence-electron chi connectivity index (χ3n) is 5.91. The van der Waals surface area contributed by atoms with E-state index in [2.05, 4.69) is 20.0 Å². The van der Waals surface area contributed by atoms with Gasteiger partial charge < -0.3 is 5.32 Å². The van der Waals surface area contributed by atoms with E-state index in [0.717, 1.165) is 18.1 Å². The SMILES string of the molecule is C1CCN2CCC(N3CCN(C4CNC4)CC3)C2C1. The number of piperazine rings is 1. The molecule has 4 aliphatic heterocycles. The maximum absolute atomic E-state index is 3.40. The molecular formula is C15H28N4. The Hall–Kier alpha value is -0.160. The smallest absolute Gasteiger partial charge is 0.0346 e. The second-order valence-electron chi connectivity index (χ2n) is 6.84. The highest BCUT2D eigenvalue weighted by atomic mass is 15.3. The van der Waals surface area contributed by atoms with E-state index in [1.54, 1.807) is 0 Å². The van der Waals surface area contributed by atoms with E-state index in [0.29, 0.717) is 0 Å². The summed E-state index contributed by atoms with van der Waals surface area (Å²) in [5, 5.41) is 3.40. The van der Waals surface area contributed by atoms with Crippen molar-refractivity contribution in [1.29, 1.82) is 0 Å². The molecule has 0 saturated carbocycles. The summed E-state index contributed by atoms with van der Waals surface area (Å²) in [5.41, 5.74) is 0. The molecule has 4 heteroatoms. The first-order chi connectivity index (χ1) is 9.42. The summed E-state index contributed by atoms with van der Waals surface area (Å²) in [6.07, 6.45) is 5.78. The molecule has 0 aromatic rings. The van der Waals surface area contributed by atoms with Crippen LogP contribution in [0.15, 0.2) is 0 Å². The molecule has 4 fully saturated rings. The van der Waals surface area contributed by atoms with Crippen LogP contribution in [-0.2, 0) is 0 Å². The number of nitrogens with one attached hydrogen (secondary N) is 1. The summed E-state index contributed by atoms with van der Waals surface area (Å²) in [6, 6.07) is 2.62. The van der Waals surface area contributed by atoms with Crippen LogP contribution in [-0.4, -0.2) is 85.2 Å². The van der Waals surface area contributed by atoms with Gasteiger partial charge in [0.15, 0.2) is 0 Å². The molecule has 4 nitrogen and oxygen atoms in total. The van der Waals surface area contributed by atoms with Crippen LogP contribution in [0.3, 0.4) is 0 Å². The lowest BCUT2D eigenvalue weighted by Crippen LogP contribution is -2.63. The fourth-order valence-electron chi connectivity index (χ4n) is 4.61. The van der Waals surface area contributed by atoms with Crippen molar-refractivity contribution in [2.75, 3.05) is 52.4 Å².